The van der Waals surface area contributed by atoms with Gasteiger partial charge in [0.15, 0.2) is 11.0 Å². The minimum absolute atomic E-state index is 0.137. The van der Waals surface area contributed by atoms with E-state index in [1.807, 2.05) is 34.9 Å². The number of esters is 1. The fraction of sp³-hybridized carbons (Fsp3) is 0.533. The van der Waals surface area contributed by atoms with E-state index >= 15 is 0 Å². The lowest BCUT2D eigenvalue weighted by Crippen LogP contribution is -2.36. The van der Waals surface area contributed by atoms with Gasteiger partial charge in [-0.25, -0.2) is 4.79 Å². The van der Waals surface area contributed by atoms with Crippen molar-refractivity contribution in [1.29, 1.82) is 0 Å². The summed E-state index contributed by atoms with van der Waals surface area (Å²) in [6, 6.07) is 9.97. The molecule has 3 aromatic rings. The van der Waals surface area contributed by atoms with Crippen molar-refractivity contribution >= 4 is 40.0 Å². The van der Waals surface area contributed by atoms with Crippen molar-refractivity contribution in [1.82, 2.24) is 19.7 Å². The Morgan fingerprint density at radius 1 is 1.17 bits per heavy atom. The summed E-state index contributed by atoms with van der Waals surface area (Å²) in [5.74, 6) is 0.934. The molecule has 0 unspecified atom stereocenters. The first kappa shape index (κ1) is 29.8. The molecular formula is C30H39N5O4S2. The van der Waals surface area contributed by atoms with Crippen LogP contribution in [0.5, 0.6) is 0 Å². The van der Waals surface area contributed by atoms with Crippen molar-refractivity contribution in [2.24, 2.45) is 11.3 Å². The largest absolute Gasteiger partial charge is 0.462 e. The Kier molecular flexibility index (Phi) is 9.48. The first-order valence-electron chi connectivity index (χ1n) is 14.3. The van der Waals surface area contributed by atoms with E-state index < -0.39 is 0 Å². The van der Waals surface area contributed by atoms with Gasteiger partial charge in [0, 0.05) is 23.7 Å². The van der Waals surface area contributed by atoms with E-state index in [2.05, 4.69) is 41.2 Å². The van der Waals surface area contributed by atoms with Gasteiger partial charge in [-0.3, -0.25) is 14.3 Å². The summed E-state index contributed by atoms with van der Waals surface area (Å²) in [5, 5.41) is 13.2. The third-order valence-electron chi connectivity index (χ3n) is 7.74. The van der Waals surface area contributed by atoms with Crippen LogP contribution in [0.2, 0.25) is 0 Å². The number of benzene rings is 1. The van der Waals surface area contributed by atoms with E-state index in [0.717, 1.165) is 49.4 Å². The molecule has 2 aliphatic rings. The van der Waals surface area contributed by atoms with Gasteiger partial charge in [-0.05, 0) is 55.2 Å². The molecule has 1 aliphatic heterocycles. The van der Waals surface area contributed by atoms with E-state index in [9.17, 15) is 9.59 Å². The maximum absolute atomic E-state index is 13.3. The molecule has 3 heterocycles. The van der Waals surface area contributed by atoms with Crippen molar-refractivity contribution < 1.29 is 19.1 Å². The van der Waals surface area contributed by atoms with Crippen molar-refractivity contribution in [2.45, 2.75) is 58.7 Å². The van der Waals surface area contributed by atoms with E-state index in [1.165, 1.54) is 28.0 Å². The number of fused-ring (bicyclic) bond motifs is 1. The first-order valence-corrected chi connectivity index (χ1v) is 16.1. The summed E-state index contributed by atoms with van der Waals surface area (Å²) in [7, 11) is 0. The van der Waals surface area contributed by atoms with Crippen LogP contribution in [-0.2, 0) is 33.7 Å². The normalized spacial score (nSPS) is 17.7. The number of nitrogens with zero attached hydrogens (tertiary/aromatic N) is 4. The van der Waals surface area contributed by atoms with Gasteiger partial charge in [-0.1, -0.05) is 50.7 Å². The Bertz CT molecular complexity index is 1360. The molecule has 1 saturated heterocycles. The lowest BCUT2D eigenvalue weighted by molar-refractivity contribution is -0.113. The number of morpholine rings is 1. The molecule has 5 rings (SSSR count). The molecule has 1 N–H and O–H groups in total. The second-order valence-corrected chi connectivity index (χ2v) is 13.6. The number of ether oxygens (including phenoxy) is 2. The quantitative estimate of drug-likeness (QED) is 0.265. The molecule has 1 amide bonds. The van der Waals surface area contributed by atoms with Crippen LogP contribution in [0.15, 0.2) is 35.5 Å². The summed E-state index contributed by atoms with van der Waals surface area (Å²) < 4.78 is 12.9. The third-order valence-corrected chi connectivity index (χ3v) is 9.84. The molecule has 0 saturated carbocycles. The van der Waals surface area contributed by atoms with Gasteiger partial charge >= 0.3 is 5.97 Å². The smallest absolute Gasteiger partial charge is 0.341 e. The molecule has 41 heavy (non-hydrogen) atoms. The lowest BCUT2D eigenvalue weighted by Gasteiger charge is -2.33. The molecule has 1 aromatic carbocycles. The second kappa shape index (κ2) is 13.1. The van der Waals surface area contributed by atoms with Gasteiger partial charge in [0.05, 0.1) is 37.7 Å². The predicted octanol–water partition coefficient (Wildman–Crippen LogP) is 5.22. The zero-order valence-electron chi connectivity index (χ0n) is 24.3. The summed E-state index contributed by atoms with van der Waals surface area (Å²) >= 11 is 2.86. The zero-order chi connectivity index (χ0) is 29.0. The van der Waals surface area contributed by atoms with Crippen molar-refractivity contribution in [3.05, 3.63) is 52.2 Å². The van der Waals surface area contributed by atoms with Crippen LogP contribution in [0.25, 0.3) is 5.69 Å². The Hall–Kier alpha value is -2.73. The minimum Gasteiger partial charge on any atom is -0.462 e. The second-order valence-electron chi connectivity index (χ2n) is 11.5. The molecule has 0 bridgehead atoms. The van der Waals surface area contributed by atoms with Crippen LogP contribution in [0.4, 0.5) is 5.00 Å². The number of nitrogens with one attached hydrogen (secondary N) is 1. The fourth-order valence-electron chi connectivity index (χ4n) is 5.42. The summed E-state index contributed by atoms with van der Waals surface area (Å²) in [6.45, 7) is 12.6. The number of aromatic nitrogens is 3. The SMILES string of the molecule is CCOC(=O)c1c(NC(=O)CSc2nnc(CN3CCOCC3)n2-c2ccccc2)sc2c1CC[C@H](C(C)(C)C)C2. The summed E-state index contributed by atoms with van der Waals surface area (Å²) in [4.78, 5) is 29.7. The van der Waals surface area contributed by atoms with Crippen LogP contribution >= 0.6 is 23.1 Å². The van der Waals surface area contributed by atoms with Gasteiger partial charge < -0.3 is 14.8 Å². The zero-order valence-corrected chi connectivity index (χ0v) is 25.9. The molecule has 0 spiro atoms. The summed E-state index contributed by atoms with van der Waals surface area (Å²) in [6.07, 6.45) is 2.75. The van der Waals surface area contributed by atoms with Gasteiger partial charge in [0.2, 0.25) is 5.91 Å². The van der Waals surface area contributed by atoms with Crippen molar-refractivity contribution in [2.75, 3.05) is 44.0 Å². The monoisotopic (exact) mass is 597 g/mol. The predicted molar refractivity (Wildman–Crippen MR) is 162 cm³/mol. The number of rotatable bonds is 9. The standard InChI is InChI=1S/C30H39N5O4S2/c1-5-39-28(37)26-22-12-11-20(30(2,3)4)17-23(22)41-27(26)31-25(36)19-40-29-33-32-24(18-34-13-15-38-16-14-34)35(29)21-9-7-6-8-10-21/h6-10,20H,5,11-19H2,1-4H3,(H,31,36)/t20-/m0/s1. The van der Waals surface area contributed by atoms with Gasteiger partial charge in [0.25, 0.3) is 0 Å². The molecule has 1 atom stereocenters. The minimum atomic E-state index is -0.362. The Labute approximate surface area is 250 Å². The number of para-hydroxylation sites is 1. The highest BCUT2D eigenvalue weighted by atomic mass is 32.2. The van der Waals surface area contributed by atoms with Gasteiger partial charge in [-0.15, -0.1) is 21.5 Å². The number of hydrogen-bond donors (Lipinski definition) is 1. The highest BCUT2D eigenvalue weighted by molar-refractivity contribution is 7.99. The average Bonchev–Trinajstić information content (AvgIpc) is 3.52. The number of carbonyl (C=O) groups is 2. The highest BCUT2D eigenvalue weighted by Gasteiger charge is 2.34. The number of thioether (sulfide) groups is 1. The Balaban J connectivity index is 1.33. The van der Waals surface area contributed by atoms with Crippen LogP contribution in [0.3, 0.4) is 0 Å². The topological polar surface area (TPSA) is 98.6 Å². The van der Waals surface area contributed by atoms with E-state index in [-0.39, 0.29) is 23.0 Å². The Morgan fingerprint density at radius 2 is 1.93 bits per heavy atom. The molecule has 2 aromatic heterocycles. The highest BCUT2D eigenvalue weighted by Crippen LogP contribution is 2.44. The fourth-order valence-corrected chi connectivity index (χ4v) is 7.52. The van der Waals surface area contributed by atoms with Gasteiger partial charge in [-0.2, -0.15) is 0 Å². The molecule has 1 aliphatic carbocycles. The molecule has 9 nitrogen and oxygen atoms in total. The third kappa shape index (κ3) is 7.02. The van der Waals surface area contributed by atoms with Crippen LogP contribution in [0.1, 0.15) is 60.7 Å². The van der Waals surface area contributed by atoms with E-state index in [1.54, 1.807) is 6.92 Å². The summed E-state index contributed by atoms with van der Waals surface area (Å²) in [5.41, 5.74) is 2.69. The van der Waals surface area contributed by atoms with Gasteiger partial charge in [0.1, 0.15) is 5.00 Å². The van der Waals surface area contributed by atoms with E-state index in [4.69, 9.17) is 9.47 Å². The van der Waals surface area contributed by atoms with Crippen LogP contribution in [0, 0.1) is 11.3 Å². The Morgan fingerprint density at radius 3 is 2.63 bits per heavy atom. The number of thiophene rings is 1. The van der Waals surface area contributed by atoms with Crippen LogP contribution in [-0.4, -0.2) is 70.2 Å². The van der Waals surface area contributed by atoms with Crippen LogP contribution < -0.4 is 5.32 Å². The first-order chi connectivity index (χ1) is 19.7. The molecular weight excluding hydrogens is 558 g/mol. The molecule has 0 radical (unpaired) electrons. The van der Waals surface area contributed by atoms with Crippen molar-refractivity contribution in [3.63, 3.8) is 0 Å². The molecule has 220 valence electrons. The average molecular weight is 598 g/mol. The molecule has 11 heteroatoms. The maximum Gasteiger partial charge on any atom is 0.341 e. The number of hydrogen-bond acceptors (Lipinski definition) is 9. The number of amides is 1. The van der Waals surface area contributed by atoms with E-state index in [0.29, 0.717) is 48.0 Å². The number of carbonyl (C=O) groups excluding carboxylic acids is 2. The molecule has 1 fully saturated rings. The number of anilines is 1. The lowest BCUT2D eigenvalue weighted by atomic mass is 9.72. The maximum atomic E-state index is 13.3. The van der Waals surface area contributed by atoms with Crippen molar-refractivity contribution in [3.8, 4) is 5.69 Å².